The van der Waals surface area contributed by atoms with E-state index in [4.69, 9.17) is 17.5 Å². The van der Waals surface area contributed by atoms with E-state index < -0.39 is 10.4 Å². The molecule has 0 saturated carbocycles. The van der Waals surface area contributed by atoms with Crippen molar-refractivity contribution in [2.24, 2.45) is 0 Å². The zero-order chi connectivity index (χ0) is 12.3. The van der Waals surface area contributed by atoms with E-state index in [9.17, 15) is 0 Å². The van der Waals surface area contributed by atoms with Crippen molar-refractivity contribution in [2.75, 3.05) is 18.5 Å². The smallest absolute Gasteiger partial charge is 0.264 e. The first kappa shape index (κ1) is 16.9. The first-order chi connectivity index (χ1) is 6.85. The summed E-state index contributed by atoms with van der Waals surface area (Å²) >= 11 is 0. The van der Waals surface area contributed by atoms with Crippen molar-refractivity contribution in [3.8, 4) is 0 Å². The molecule has 0 aliphatic heterocycles. The molecule has 88 valence electrons. The molecule has 0 rings (SSSR count). The van der Waals surface area contributed by atoms with Gasteiger partial charge in [-0.05, 0) is 18.5 Å². The highest BCUT2D eigenvalue weighted by atomic mass is 32.3. The lowest BCUT2D eigenvalue weighted by atomic mass is 10.7. The Morgan fingerprint density at radius 1 is 0.933 bits per heavy atom. The first-order valence-electron chi connectivity index (χ1n) is 4.10. The standard InChI is InChI=1S/C9H15P.H2O4S/c1-4-7-10(8-5-2)9-6-3;1-5(2,3)4/h4-6H,1-3,7-9H2;(H2,1,2,3,4). The number of allylic oxidation sites excluding steroid dienone is 3. The summed E-state index contributed by atoms with van der Waals surface area (Å²) in [5.74, 6) is 0. The lowest BCUT2D eigenvalue weighted by Gasteiger charge is -2.09. The molecule has 0 atom stereocenters. The average Bonchev–Trinajstić information content (AvgIpc) is 2.02. The van der Waals surface area contributed by atoms with E-state index in [1.54, 1.807) is 0 Å². The van der Waals surface area contributed by atoms with Gasteiger partial charge < -0.3 is 0 Å². The van der Waals surface area contributed by atoms with E-state index in [0.717, 1.165) is 18.5 Å². The molecule has 0 radical (unpaired) electrons. The van der Waals surface area contributed by atoms with Gasteiger partial charge in [0.1, 0.15) is 0 Å². The van der Waals surface area contributed by atoms with Crippen molar-refractivity contribution in [1.82, 2.24) is 0 Å². The van der Waals surface area contributed by atoms with Gasteiger partial charge in [-0.15, -0.1) is 19.7 Å². The van der Waals surface area contributed by atoms with Crippen molar-refractivity contribution >= 4 is 18.3 Å². The second kappa shape index (κ2) is 10.1. The van der Waals surface area contributed by atoms with Gasteiger partial charge in [0.15, 0.2) is 0 Å². The third-order valence-corrected chi connectivity index (χ3v) is 3.49. The SMILES string of the molecule is C=CCP(CC=C)CC=C.O=S(=O)(O)O. The molecule has 0 spiro atoms. The summed E-state index contributed by atoms with van der Waals surface area (Å²) in [4.78, 5) is 0. The molecule has 6 heteroatoms. The fourth-order valence-electron chi connectivity index (χ4n) is 0.771. The van der Waals surface area contributed by atoms with Crippen LogP contribution in [0.2, 0.25) is 0 Å². The Hall–Kier alpha value is -0.480. The highest BCUT2D eigenvalue weighted by molar-refractivity contribution is 7.79. The number of rotatable bonds is 6. The Morgan fingerprint density at radius 3 is 1.27 bits per heavy atom. The molecule has 0 heterocycles. The van der Waals surface area contributed by atoms with Gasteiger partial charge in [-0.3, -0.25) is 9.11 Å². The minimum Gasteiger partial charge on any atom is -0.264 e. The predicted octanol–water partition coefficient (Wildman–Crippen LogP) is 2.37. The molecule has 0 fully saturated rings. The molecule has 0 aliphatic rings. The van der Waals surface area contributed by atoms with E-state index in [1.807, 2.05) is 18.2 Å². The molecule has 0 aromatic rings. The van der Waals surface area contributed by atoms with Gasteiger partial charge in [0.05, 0.1) is 0 Å². The molecule has 0 aliphatic carbocycles. The van der Waals surface area contributed by atoms with Gasteiger partial charge in [0.2, 0.25) is 0 Å². The fraction of sp³-hybridized carbons (Fsp3) is 0.333. The Kier molecular flexibility index (Phi) is 11.3. The highest BCUT2D eigenvalue weighted by Gasteiger charge is 1.98. The molecular formula is C9H17O4PS. The molecule has 2 N–H and O–H groups in total. The first-order valence-corrected chi connectivity index (χ1v) is 7.39. The van der Waals surface area contributed by atoms with Gasteiger partial charge in [-0.2, -0.15) is 8.42 Å². The van der Waals surface area contributed by atoms with Gasteiger partial charge in [-0.25, -0.2) is 0 Å². The molecular weight excluding hydrogens is 235 g/mol. The predicted molar refractivity (Wildman–Crippen MR) is 66.3 cm³/mol. The van der Waals surface area contributed by atoms with Crippen LogP contribution in [0, 0.1) is 0 Å². The molecule has 0 amide bonds. The normalized spacial score (nSPS) is 10.1. The van der Waals surface area contributed by atoms with Crippen LogP contribution in [-0.2, 0) is 10.4 Å². The van der Waals surface area contributed by atoms with Crippen LogP contribution in [0.1, 0.15) is 0 Å². The Morgan fingerprint density at radius 2 is 1.13 bits per heavy atom. The monoisotopic (exact) mass is 252 g/mol. The number of hydrogen-bond donors (Lipinski definition) is 2. The third-order valence-electron chi connectivity index (χ3n) is 1.16. The lowest BCUT2D eigenvalue weighted by molar-refractivity contribution is 0.381. The molecule has 0 bridgehead atoms. The Bertz CT molecular complexity index is 253. The van der Waals surface area contributed by atoms with Crippen LogP contribution in [0.25, 0.3) is 0 Å². The maximum Gasteiger partial charge on any atom is 0.394 e. The molecule has 4 nitrogen and oxygen atoms in total. The number of hydrogen-bond acceptors (Lipinski definition) is 2. The van der Waals surface area contributed by atoms with E-state index in [0.29, 0.717) is 0 Å². The van der Waals surface area contributed by atoms with Gasteiger partial charge >= 0.3 is 10.4 Å². The Balaban J connectivity index is 0. The van der Waals surface area contributed by atoms with Crippen LogP contribution in [0.3, 0.4) is 0 Å². The summed E-state index contributed by atoms with van der Waals surface area (Å²) in [5, 5.41) is 0. The van der Waals surface area contributed by atoms with E-state index in [-0.39, 0.29) is 7.92 Å². The quantitative estimate of drug-likeness (QED) is 0.432. The van der Waals surface area contributed by atoms with Gasteiger partial charge in [0, 0.05) is 0 Å². The minimum atomic E-state index is -4.67. The second-order valence-corrected chi connectivity index (χ2v) is 5.87. The van der Waals surface area contributed by atoms with Crippen LogP contribution < -0.4 is 0 Å². The van der Waals surface area contributed by atoms with E-state index in [2.05, 4.69) is 19.7 Å². The average molecular weight is 252 g/mol. The summed E-state index contributed by atoms with van der Waals surface area (Å²) in [6.45, 7) is 11.1. The van der Waals surface area contributed by atoms with Gasteiger partial charge in [-0.1, -0.05) is 26.1 Å². The summed E-state index contributed by atoms with van der Waals surface area (Å²) in [7, 11) is -4.58. The van der Waals surface area contributed by atoms with Crippen molar-refractivity contribution in [3.63, 3.8) is 0 Å². The maximum absolute atomic E-state index is 8.74. The van der Waals surface area contributed by atoms with E-state index in [1.165, 1.54) is 0 Å². The summed E-state index contributed by atoms with van der Waals surface area (Å²) < 4.78 is 31.6. The van der Waals surface area contributed by atoms with Crippen LogP contribution in [0.4, 0.5) is 0 Å². The largest absolute Gasteiger partial charge is 0.394 e. The van der Waals surface area contributed by atoms with Crippen LogP contribution in [0.5, 0.6) is 0 Å². The van der Waals surface area contributed by atoms with Crippen LogP contribution in [0.15, 0.2) is 38.0 Å². The van der Waals surface area contributed by atoms with Crippen LogP contribution >= 0.6 is 7.92 Å². The summed E-state index contributed by atoms with van der Waals surface area (Å²) in [5.41, 5.74) is 0. The zero-order valence-electron chi connectivity index (χ0n) is 8.54. The zero-order valence-corrected chi connectivity index (χ0v) is 10.3. The summed E-state index contributed by atoms with van der Waals surface area (Å²) in [6, 6.07) is 0. The van der Waals surface area contributed by atoms with Crippen LogP contribution in [-0.4, -0.2) is 36.0 Å². The lowest BCUT2D eigenvalue weighted by Crippen LogP contribution is -1.89. The van der Waals surface area contributed by atoms with Crippen molar-refractivity contribution in [3.05, 3.63) is 38.0 Å². The topological polar surface area (TPSA) is 74.6 Å². The van der Waals surface area contributed by atoms with Crippen molar-refractivity contribution < 1.29 is 17.5 Å². The van der Waals surface area contributed by atoms with Crippen molar-refractivity contribution in [2.45, 2.75) is 0 Å². The second-order valence-electron chi connectivity index (χ2n) is 2.53. The Labute approximate surface area is 92.7 Å². The fourth-order valence-corrected chi connectivity index (χ4v) is 2.31. The third kappa shape index (κ3) is 24.7. The highest BCUT2D eigenvalue weighted by Crippen LogP contribution is 2.34. The molecule has 0 unspecified atom stereocenters. The molecule has 15 heavy (non-hydrogen) atoms. The maximum atomic E-state index is 8.74. The summed E-state index contributed by atoms with van der Waals surface area (Å²) in [6.07, 6.45) is 9.35. The molecule has 0 aromatic carbocycles. The molecule has 0 aromatic heterocycles. The van der Waals surface area contributed by atoms with Gasteiger partial charge in [0.25, 0.3) is 0 Å². The molecule has 0 saturated heterocycles. The van der Waals surface area contributed by atoms with Crippen molar-refractivity contribution in [1.29, 1.82) is 0 Å². The minimum absolute atomic E-state index is 0.0849. The van der Waals surface area contributed by atoms with E-state index >= 15 is 0 Å².